The van der Waals surface area contributed by atoms with E-state index in [0.29, 0.717) is 17.9 Å². The van der Waals surface area contributed by atoms with Crippen LogP contribution in [0.25, 0.3) is 11.0 Å². The lowest BCUT2D eigenvalue weighted by atomic mass is 10.2. The Labute approximate surface area is 163 Å². The minimum Gasteiger partial charge on any atom is -0.495 e. The standard InChI is InChI=1S/C20H23N5O3/c1-27-16-12-15(13-21-14-16)20(26)22-6-7-24-8-10-25(11-9-24)19-17-4-2-3-5-18(17)28-23-19/h2-5,12-14H,6-11H2,1H3,(H,22,26). The molecule has 0 bridgehead atoms. The molecule has 1 aliphatic rings. The number of aromatic nitrogens is 2. The van der Waals surface area contributed by atoms with E-state index in [9.17, 15) is 4.79 Å². The number of pyridine rings is 1. The molecule has 2 aromatic heterocycles. The van der Waals surface area contributed by atoms with Crippen LogP contribution in [0.1, 0.15) is 10.4 Å². The number of nitrogens with one attached hydrogen (secondary N) is 1. The number of carbonyl (C=O) groups excluding carboxylic acids is 1. The zero-order valence-electron chi connectivity index (χ0n) is 15.8. The van der Waals surface area contributed by atoms with Gasteiger partial charge >= 0.3 is 0 Å². The van der Waals surface area contributed by atoms with Crippen molar-refractivity contribution in [2.45, 2.75) is 0 Å². The largest absolute Gasteiger partial charge is 0.495 e. The summed E-state index contributed by atoms with van der Waals surface area (Å²) in [6.07, 6.45) is 3.12. The van der Waals surface area contributed by atoms with Gasteiger partial charge in [0.25, 0.3) is 5.91 Å². The van der Waals surface area contributed by atoms with E-state index in [4.69, 9.17) is 9.26 Å². The van der Waals surface area contributed by atoms with Crippen molar-refractivity contribution in [2.24, 2.45) is 0 Å². The van der Waals surface area contributed by atoms with Gasteiger partial charge in [-0.1, -0.05) is 17.3 Å². The summed E-state index contributed by atoms with van der Waals surface area (Å²) in [6.45, 7) is 4.98. The molecule has 28 heavy (non-hydrogen) atoms. The quantitative estimate of drug-likeness (QED) is 0.697. The lowest BCUT2D eigenvalue weighted by Gasteiger charge is -2.34. The highest BCUT2D eigenvalue weighted by atomic mass is 16.5. The molecule has 1 amide bonds. The number of hydrogen-bond acceptors (Lipinski definition) is 7. The minimum atomic E-state index is -0.140. The molecule has 8 heteroatoms. The predicted octanol–water partition coefficient (Wildman–Crippen LogP) is 1.78. The predicted molar refractivity (Wildman–Crippen MR) is 106 cm³/mol. The fraction of sp³-hybridized carbons (Fsp3) is 0.350. The van der Waals surface area contributed by atoms with Gasteiger partial charge in [-0.05, 0) is 18.2 Å². The summed E-state index contributed by atoms with van der Waals surface area (Å²) in [4.78, 5) is 20.8. The van der Waals surface area contributed by atoms with Gasteiger partial charge in [0.15, 0.2) is 11.4 Å². The van der Waals surface area contributed by atoms with E-state index < -0.39 is 0 Å². The number of fused-ring (bicyclic) bond motifs is 1. The van der Waals surface area contributed by atoms with Gasteiger partial charge < -0.3 is 19.5 Å². The number of anilines is 1. The van der Waals surface area contributed by atoms with Crippen LogP contribution in [0, 0.1) is 0 Å². The van der Waals surface area contributed by atoms with Crippen molar-refractivity contribution in [3.63, 3.8) is 0 Å². The van der Waals surface area contributed by atoms with Crippen molar-refractivity contribution in [3.05, 3.63) is 48.3 Å². The van der Waals surface area contributed by atoms with Crippen LogP contribution in [0.3, 0.4) is 0 Å². The van der Waals surface area contributed by atoms with Gasteiger partial charge in [-0.15, -0.1) is 0 Å². The van der Waals surface area contributed by atoms with E-state index >= 15 is 0 Å². The van der Waals surface area contributed by atoms with Crippen LogP contribution >= 0.6 is 0 Å². The van der Waals surface area contributed by atoms with Crippen molar-refractivity contribution in [1.29, 1.82) is 0 Å². The molecule has 4 rings (SSSR count). The van der Waals surface area contributed by atoms with Crippen LogP contribution in [0.15, 0.2) is 47.2 Å². The maximum Gasteiger partial charge on any atom is 0.253 e. The molecule has 0 unspecified atom stereocenters. The Bertz CT molecular complexity index is 950. The van der Waals surface area contributed by atoms with Crippen molar-refractivity contribution in [3.8, 4) is 5.75 Å². The smallest absolute Gasteiger partial charge is 0.253 e. The third-order valence-corrected chi connectivity index (χ3v) is 4.95. The molecule has 1 N–H and O–H groups in total. The molecule has 1 saturated heterocycles. The monoisotopic (exact) mass is 381 g/mol. The van der Waals surface area contributed by atoms with E-state index in [1.807, 2.05) is 24.3 Å². The van der Waals surface area contributed by atoms with Crippen LogP contribution in [-0.4, -0.2) is 67.3 Å². The number of hydrogen-bond donors (Lipinski definition) is 1. The number of benzene rings is 1. The topological polar surface area (TPSA) is 83.7 Å². The highest BCUT2D eigenvalue weighted by molar-refractivity contribution is 5.94. The van der Waals surface area contributed by atoms with Gasteiger partial charge in [-0.3, -0.25) is 14.7 Å². The summed E-state index contributed by atoms with van der Waals surface area (Å²) in [5.74, 6) is 1.34. The summed E-state index contributed by atoms with van der Waals surface area (Å²) in [7, 11) is 1.56. The van der Waals surface area contributed by atoms with Crippen LogP contribution in [-0.2, 0) is 0 Å². The highest BCUT2D eigenvalue weighted by Crippen LogP contribution is 2.26. The molecule has 3 heterocycles. The molecule has 1 aliphatic heterocycles. The van der Waals surface area contributed by atoms with E-state index in [-0.39, 0.29) is 5.91 Å². The number of carbonyl (C=O) groups is 1. The SMILES string of the molecule is COc1cncc(C(=O)NCCN2CCN(c3noc4ccccc34)CC2)c1. The number of nitrogens with zero attached hydrogens (tertiary/aromatic N) is 4. The Morgan fingerprint density at radius 2 is 2.04 bits per heavy atom. The maximum absolute atomic E-state index is 12.2. The van der Waals surface area contributed by atoms with E-state index in [2.05, 4.69) is 25.3 Å². The van der Waals surface area contributed by atoms with Gasteiger partial charge in [-0.2, -0.15) is 0 Å². The molecule has 0 atom stereocenters. The number of ether oxygens (including phenoxy) is 1. The Morgan fingerprint density at radius 3 is 2.86 bits per heavy atom. The molecule has 1 fully saturated rings. The summed E-state index contributed by atoms with van der Waals surface area (Å²) < 4.78 is 10.5. The maximum atomic E-state index is 12.2. The van der Waals surface area contributed by atoms with Crippen LogP contribution in [0.2, 0.25) is 0 Å². The average Bonchev–Trinajstić information content (AvgIpc) is 3.18. The van der Waals surface area contributed by atoms with Crippen molar-refractivity contribution in [1.82, 2.24) is 20.4 Å². The molecule has 1 aromatic carbocycles. The number of piperazine rings is 1. The van der Waals surface area contributed by atoms with Gasteiger partial charge in [0.1, 0.15) is 5.75 Å². The van der Waals surface area contributed by atoms with Crippen molar-refractivity contribution in [2.75, 3.05) is 51.3 Å². The zero-order valence-corrected chi connectivity index (χ0v) is 15.8. The molecule has 0 aliphatic carbocycles. The van der Waals surface area contributed by atoms with Crippen molar-refractivity contribution < 1.29 is 14.1 Å². The normalized spacial score (nSPS) is 15.0. The molecular formula is C20H23N5O3. The molecule has 146 valence electrons. The van der Waals surface area contributed by atoms with Gasteiger partial charge in [-0.25, -0.2) is 0 Å². The lowest BCUT2D eigenvalue weighted by molar-refractivity contribution is 0.0947. The molecule has 0 spiro atoms. The van der Waals surface area contributed by atoms with Crippen LogP contribution in [0.5, 0.6) is 5.75 Å². The summed E-state index contributed by atoms with van der Waals surface area (Å²) >= 11 is 0. The summed E-state index contributed by atoms with van der Waals surface area (Å²) in [5, 5.41) is 8.23. The summed E-state index contributed by atoms with van der Waals surface area (Å²) in [5.41, 5.74) is 1.32. The number of methoxy groups -OCH3 is 1. The third-order valence-electron chi connectivity index (χ3n) is 4.95. The molecule has 3 aromatic rings. The second-order valence-corrected chi connectivity index (χ2v) is 6.70. The molecular weight excluding hydrogens is 358 g/mol. The van der Waals surface area contributed by atoms with Crippen LogP contribution < -0.4 is 15.0 Å². The van der Waals surface area contributed by atoms with Gasteiger partial charge in [0.05, 0.1) is 24.3 Å². The number of para-hydroxylation sites is 1. The second kappa shape index (κ2) is 8.26. The van der Waals surface area contributed by atoms with E-state index in [0.717, 1.165) is 49.5 Å². The fourth-order valence-electron chi connectivity index (χ4n) is 3.37. The molecule has 8 nitrogen and oxygen atoms in total. The number of rotatable bonds is 6. The minimum absolute atomic E-state index is 0.140. The first-order valence-electron chi connectivity index (χ1n) is 9.33. The zero-order chi connectivity index (χ0) is 19.3. The average molecular weight is 381 g/mol. The summed E-state index contributed by atoms with van der Waals surface area (Å²) in [6, 6.07) is 9.60. The van der Waals surface area contributed by atoms with Gasteiger partial charge in [0, 0.05) is 45.5 Å². The van der Waals surface area contributed by atoms with Crippen LogP contribution in [0.4, 0.5) is 5.82 Å². The Balaban J connectivity index is 1.25. The first kappa shape index (κ1) is 18.2. The first-order chi connectivity index (χ1) is 13.7. The lowest BCUT2D eigenvalue weighted by Crippen LogP contribution is -2.48. The number of amides is 1. The third kappa shape index (κ3) is 3.91. The fourth-order valence-corrected chi connectivity index (χ4v) is 3.37. The Morgan fingerprint density at radius 1 is 1.21 bits per heavy atom. The van der Waals surface area contributed by atoms with E-state index in [1.54, 1.807) is 25.6 Å². The van der Waals surface area contributed by atoms with Gasteiger partial charge in [0.2, 0.25) is 0 Å². The molecule has 0 saturated carbocycles. The molecule has 0 radical (unpaired) electrons. The van der Waals surface area contributed by atoms with Crippen molar-refractivity contribution >= 4 is 22.7 Å². The van der Waals surface area contributed by atoms with E-state index in [1.165, 1.54) is 0 Å². The Kier molecular flexibility index (Phi) is 5.38. The Hall–Kier alpha value is -3.13. The second-order valence-electron chi connectivity index (χ2n) is 6.70. The first-order valence-corrected chi connectivity index (χ1v) is 9.33. The highest BCUT2D eigenvalue weighted by Gasteiger charge is 2.21.